The second-order valence-electron chi connectivity index (χ2n) is 6.54. The fourth-order valence-electron chi connectivity index (χ4n) is 2.85. The summed E-state index contributed by atoms with van der Waals surface area (Å²) in [5, 5.41) is 22.1. The van der Waals surface area contributed by atoms with Crippen LogP contribution in [0.3, 0.4) is 0 Å². The number of methoxy groups -OCH3 is 1. The number of aromatic nitrogens is 5. The highest BCUT2D eigenvalue weighted by atomic mass is 35.5. The Bertz CT molecular complexity index is 1210. The number of ether oxygens (including phenoxy) is 1. The van der Waals surface area contributed by atoms with Gasteiger partial charge in [-0.25, -0.2) is 0 Å². The number of rotatable bonds is 8. The first-order valence-corrected chi connectivity index (χ1v) is 11.9. The molecular weight excluding hydrogens is 468 g/mol. The van der Waals surface area contributed by atoms with Crippen molar-refractivity contribution in [2.24, 2.45) is 0 Å². The van der Waals surface area contributed by atoms with Gasteiger partial charge in [-0.3, -0.25) is 14.7 Å². The highest BCUT2D eigenvalue weighted by molar-refractivity contribution is 7.99. The first-order chi connectivity index (χ1) is 15.6. The number of hydrogen-bond donors (Lipinski definition) is 1. The van der Waals surface area contributed by atoms with E-state index in [0.29, 0.717) is 21.1 Å². The van der Waals surface area contributed by atoms with Crippen LogP contribution in [0.5, 0.6) is 5.75 Å². The van der Waals surface area contributed by atoms with Gasteiger partial charge in [0.1, 0.15) is 10.8 Å². The highest BCUT2D eigenvalue weighted by Crippen LogP contribution is 2.29. The van der Waals surface area contributed by atoms with E-state index in [1.165, 1.54) is 23.1 Å². The summed E-state index contributed by atoms with van der Waals surface area (Å²) < 4.78 is 7.17. The van der Waals surface area contributed by atoms with Crippen LogP contribution in [0.4, 0.5) is 5.13 Å². The van der Waals surface area contributed by atoms with Gasteiger partial charge in [-0.05, 0) is 55.0 Å². The van der Waals surface area contributed by atoms with Gasteiger partial charge in [0.05, 0.1) is 12.9 Å². The molecule has 0 radical (unpaired) electrons. The smallest absolute Gasteiger partial charge is 0.236 e. The Kier molecular flexibility index (Phi) is 7.03. The quantitative estimate of drug-likeness (QED) is 0.359. The van der Waals surface area contributed by atoms with Crippen LogP contribution in [0.15, 0.2) is 53.7 Å². The molecule has 0 unspecified atom stereocenters. The number of carbonyl (C=O) groups is 1. The maximum atomic E-state index is 12.4. The van der Waals surface area contributed by atoms with Crippen molar-refractivity contribution in [1.29, 1.82) is 0 Å². The summed E-state index contributed by atoms with van der Waals surface area (Å²) in [6.07, 6.45) is 0.779. The molecule has 32 heavy (non-hydrogen) atoms. The van der Waals surface area contributed by atoms with Gasteiger partial charge in [0.15, 0.2) is 11.0 Å². The Hall–Kier alpha value is -2.95. The molecule has 8 nitrogen and oxygen atoms in total. The van der Waals surface area contributed by atoms with Crippen molar-refractivity contribution in [2.45, 2.75) is 18.5 Å². The van der Waals surface area contributed by atoms with Crippen LogP contribution in [0.2, 0.25) is 5.02 Å². The summed E-state index contributed by atoms with van der Waals surface area (Å²) in [6, 6.07) is 14.9. The first-order valence-electron chi connectivity index (χ1n) is 9.68. The lowest BCUT2D eigenvalue weighted by Gasteiger charge is -2.11. The number of halogens is 1. The van der Waals surface area contributed by atoms with Crippen LogP contribution < -0.4 is 10.1 Å². The third-order valence-corrected chi connectivity index (χ3v) is 6.58. The van der Waals surface area contributed by atoms with Crippen LogP contribution in [0.1, 0.15) is 11.9 Å². The minimum atomic E-state index is -0.189. The summed E-state index contributed by atoms with van der Waals surface area (Å²) in [4.78, 5) is 12.4. The van der Waals surface area contributed by atoms with Gasteiger partial charge in [0.25, 0.3) is 0 Å². The van der Waals surface area contributed by atoms with E-state index in [9.17, 15) is 4.79 Å². The van der Waals surface area contributed by atoms with Crippen LogP contribution in [-0.4, -0.2) is 43.7 Å². The van der Waals surface area contributed by atoms with Gasteiger partial charge in [-0.2, -0.15) is 0 Å². The number of amides is 1. The maximum absolute atomic E-state index is 12.4. The van der Waals surface area contributed by atoms with Crippen molar-refractivity contribution in [2.75, 3.05) is 18.2 Å². The number of carbonyl (C=O) groups excluding carboxylic acids is 1. The summed E-state index contributed by atoms with van der Waals surface area (Å²) in [5.41, 5.74) is 1.70. The van der Waals surface area contributed by atoms with Crippen LogP contribution >= 0.6 is 34.7 Å². The summed E-state index contributed by atoms with van der Waals surface area (Å²) in [7, 11) is 1.62. The number of thioether (sulfide) groups is 1. The Balaban J connectivity index is 1.59. The molecule has 1 amide bonds. The van der Waals surface area contributed by atoms with E-state index in [1.54, 1.807) is 19.2 Å². The normalized spacial score (nSPS) is 10.8. The van der Waals surface area contributed by atoms with E-state index >= 15 is 0 Å². The SMILES string of the molecule is CCc1nnc(NC(=O)CSc2nnc(-c3ccc(Cl)cc3)n2-c2ccc(OC)cc2)s1. The van der Waals surface area contributed by atoms with Crippen LogP contribution in [0, 0.1) is 0 Å². The molecule has 0 spiro atoms. The average Bonchev–Trinajstić information content (AvgIpc) is 3.45. The molecule has 0 saturated heterocycles. The van der Waals surface area contributed by atoms with Crippen LogP contribution in [-0.2, 0) is 11.2 Å². The maximum Gasteiger partial charge on any atom is 0.236 e. The summed E-state index contributed by atoms with van der Waals surface area (Å²) >= 11 is 8.70. The van der Waals surface area contributed by atoms with Gasteiger partial charge in [-0.1, -0.05) is 41.6 Å². The molecule has 2 aromatic heterocycles. The molecule has 4 aromatic rings. The Morgan fingerprint density at radius 3 is 2.50 bits per heavy atom. The number of anilines is 1. The fourth-order valence-corrected chi connectivity index (χ4v) is 4.42. The van der Waals surface area contributed by atoms with Gasteiger partial charge in [-0.15, -0.1) is 20.4 Å². The zero-order valence-electron chi connectivity index (χ0n) is 17.3. The van der Waals surface area contributed by atoms with E-state index in [1.807, 2.05) is 47.9 Å². The summed E-state index contributed by atoms with van der Waals surface area (Å²) in [5.74, 6) is 1.35. The molecule has 11 heteroatoms. The zero-order chi connectivity index (χ0) is 22.5. The monoisotopic (exact) mass is 486 g/mol. The first kappa shape index (κ1) is 22.3. The highest BCUT2D eigenvalue weighted by Gasteiger charge is 2.18. The number of nitrogens with one attached hydrogen (secondary N) is 1. The van der Waals surface area contributed by atoms with Crippen molar-refractivity contribution in [3.63, 3.8) is 0 Å². The second kappa shape index (κ2) is 10.1. The van der Waals surface area contributed by atoms with Crippen molar-refractivity contribution in [3.05, 3.63) is 58.6 Å². The fraction of sp³-hybridized carbons (Fsp3) is 0.190. The Labute approximate surface area is 198 Å². The van der Waals surface area contributed by atoms with Gasteiger partial charge in [0, 0.05) is 16.3 Å². The van der Waals surface area contributed by atoms with E-state index in [2.05, 4.69) is 25.7 Å². The number of hydrogen-bond acceptors (Lipinski definition) is 8. The lowest BCUT2D eigenvalue weighted by atomic mass is 10.2. The van der Waals surface area contributed by atoms with E-state index in [4.69, 9.17) is 16.3 Å². The minimum Gasteiger partial charge on any atom is -0.497 e. The molecule has 0 aliphatic heterocycles. The van der Waals surface area contributed by atoms with Crippen molar-refractivity contribution in [1.82, 2.24) is 25.0 Å². The van der Waals surface area contributed by atoms with Gasteiger partial charge >= 0.3 is 0 Å². The lowest BCUT2D eigenvalue weighted by molar-refractivity contribution is -0.113. The molecule has 164 valence electrons. The van der Waals surface area contributed by atoms with Gasteiger partial charge < -0.3 is 4.74 Å². The third kappa shape index (κ3) is 5.09. The predicted molar refractivity (Wildman–Crippen MR) is 127 cm³/mol. The molecule has 4 rings (SSSR count). The number of benzene rings is 2. The van der Waals surface area contributed by atoms with Crippen molar-refractivity contribution in [3.8, 4) is 22.8 Å². The lowest BCUT2D eigenvalue weighted by Crippen LogP contribution is -2.14. The Morgan fingerprint density at radius 2 is 1.84 bits per heavy atom. The Morgan fingerprint density at radius 1 is 1.09 bits per heavy atom. The molecule has 2 heterocycles. The molecule has 1 N–H and O–H groups in total. The molecule has 0 aliphatic carbocycles. The molecule has 0 atom stereocenters. The van der Waals surface area contributed by atoms with E-state index < -0.39 is 0 Å². The minimum absolute atomic E-state index is 0.149. The van der Waals surface area contributed by atoms with Crippen molar-refractivity contribution >= 4 is 45.7 Å². The zero-order valence-corrected chi connectivity index (χ0v) is 19.7. The molecule has 2 aromatic carbocycles. The van der Waals surface area contributed by atoms with Crippen molar-refractivity contribution < 1.29 is 9.53 Å². The van der Waals surface area contributed by atoms with Crippen LogP contribution in [0.25, 0.3) is 17.1 Å². The second-order valence-corrected chi connectivity index (χ2v) is 8.98. The molecular formula is C21H19ClN6O2S2. The third-order valence-electron chi connectivity index (χ3n) is 4.41. The average molecular weight is 487 g/mol. The van der Waals surface area contributed by atoms with E-state index in [-0.39, 0.29) is 11.7 Å². The summed E-state index contributed by atoms with van der Waals surface area (Å²) in [6.45, 7) is 1.99. The largest absolute Gasteiger partial charge is 0.497 e. The molecule has 0 fully saturated rings. The molecule has 0 bridgehead atoms. The molecule has 0 aliphatic rings. The predicted octanol–water partition coefficient (Wildman–Crippen LogP) is 4.74. The molecule has 0 saturated carbocycles. The van der Waals surface area contributed by atoms with E-state index in [0.717, 1.165) is 28.4 Å². The topological polar surface area (TPSA) is 94.8 Å². The number of aryl methyl sites for hydroxylation is 1. The van der Waals surface area contributed by atoms with Gasteiger partial charge in [0.2, 0.25) is 11.0 Å². The number of nitrogens with zero attached hydrogens (tertiary/aromatic N) is 5. The standard InChI is InChI=1S/C21H19ClN6O2S2/c1-3-18-24-26-20(32-18)23-17(29)12-31-21-27-25-19(13-4-6-14(22)7-5-13)28(21)15-8-10-16(30-2)11-9-15/h4-11H,3,12H2,1-2H3,(H,23,26,29).